The Hall–Kier alpha value is -2.01. The maximum Gasteiger partial charge on any atom is 0.387 e. The van der Waals surface area contributed by atoms with Gasteiger partial charge in [0.1, 0.15) is 11.6 Å². The first kappa shape index (κ1) is 15.4. The van der Waals surface area contributed by atoms with Crippen molar-refractivity contribution < 1.29 is 23.0 Å². The van der Waals surface area contributed by atoms with Crippen molar-refractivity contribution in [1.82, 2.24) is 0 Å². The molecular weight excluding hydrogens is 281 g/mol. The zero-order valence-corrected chi connectivity index (χ0v) is 11.4. The van der Waals surface area contributed by atoms with E-state index in [1.165, 1.54) is 36.4 Å². The van der Waals surface area contributed by atoms with Crippen LogP contribution in [-0.4, -0.2) is 11.7 Å². The highest BCUT2D eigenvalue weighted by molar-refractivity contribution is 5.32. The highest BCUT2D eigenvalue weighted by Crippen LogP contribution is 2.23. The second kappa shape index (κ2) is 6.63. The van der Waals surface area contributed by atoms with Crippen molar-refractivity contribution in [2.75, 3.05) is 0 Å². The van der Waals surface area contributed by atoms with Crippen LogP contribution in [0.5, 0.6) is 5.75 Å². The third kappa shape index (κ3) is 4.23. The Balaban J connectivity index is 2.09. The summed E-state index contributed by atoms with van der Waals surface area (Å²) in [6.07, 6.45) is -0.593. The van der Waals surface area contributed by atoms with E-state index < -0.39 is 12.7 Å². The van der Waals surface area contributed by atoms with E-state index in [0.29, 0.717) is 11.1 Å². The van der Waals surface area contributed by atoms with Crippen LogP contribution in [0.3, 0.4) is 0 Å². The monoisotopic (exact) mass is 296 g/mol. The topological polar surface area (TPSA) is 29.5 Å². The van der Waals surface area contributed by atoms with Crippen molar-refractivity contribution in [1.29, 1.82) is 0 Å². The van der Waals surface area contributed by atoms with Crippen LogP contribution < -0.4 is 4.74 Å². The number of halogens is 3. The summed E-state index contributed by atoms with van der Waals surface area (Å²) < 4.78 is 41.5. The molecule has 0 heterocycles. The SMILES string of the molecule is Cc1ccc(F)cc1CC(O)c1ccc(OC(F)F)cc1. The zero-order chi connectivity index (χ0) is 15.4. The molecule has 0 aromatic heterocycles. The highest BCUT2D eigenvalue weighted by Gasteiger charge is 2.12. The summed E-state index contributed by atoms with van der Waals surface area (Å²) in [5.41, 5.74) is 2.14. The molecule has 0 bridgehead atoms. The Morgan fingerprint density at radius 3 is 2.38 bits per heavy atom. The molecule has 1 atom stereocenters. The fourth-order valence-electron chi connectivity index (χ4n) is 2.06. The van der Waals surface area contributed by atoms with Gasteiger partial charge in [-0.1, -0.05) is 18.2 Å². The summed E-state index contributed by atoms with van der Waals surface area (Å²) in [6, 6.07) is 10.1. The standard InChI is InChI=1S/C16H15F3O2/c1-10-2-5-13(17)8-12(10)9-15(20)11-3-6-14(7-4-11)21-16(18)19/h2-8,15-16,20H,9H2,1H3. The first-order valence-corrected chi connectivity index (χ1v) is 6.43. The number of benzene rings is 2. The van der Waals surface area contributed by atoms with Crippen molar-refractivity contribution >= 4 is 0 Å². The molecule has 2 aromatic carbocycles. The summed E-state index contributed by atoms with van der Waals surface area (Å²) >= 11 is 0. The van der Waals surface area contributed by atoms with E-state index in [0.717, 1.165) is 5.56 Å². The number of aliphatic hydroxyl groups excluding tert-OH is 1. The molecule has 0 saturated carbocycles. The Morgan fingerprint density at radius 2 is 1.76 bits per heavy atom. The zero-order valence-electron chi connectivity index (χ0n) is 11.4. The molecule has 0 saturated heterocycles. The van der Waals surface area contributed by atoms with E-state index in [9.17, 15) is 18.3 Å². The van der Waals surface area contributed by atoms with Gasteiger partial charge in [0.15, 0.2) is 0 Å². The van der Waals surface area contributed by atoms with E-state index in [4.69, 9.17) is 0 Å². The predicted molar refractivity (Wildman–Crippen MR) is 72.9 cm³/mol. The van der Waals surface area contributed by atoms with E-state index in [2.05, 4.69) is 4.74 Å². The second-order valence-corrected chi connectivity index (χ2v) is 4.74. The van der Waals surface area contributed by atoms with Gasteiger partial charge < -0.3 is 9.84 Å². The summed E-state index contributed by atoms with van der Waals surface area (Å²) in [6.45, 7) is -1.04. The molecule has 2 rings (SSSR count). The number of hydrogen-bond acceptors (Lipinski definition) is 2. The van der Waals surface area contributed by atoms with Gasteiger partial charge in [0.2, 0.25) is 0 Å². The number of hydrogen-bond donors (Lipinski definition) is 1. The third-order valence-corrected chi connectivity index (χ3v) is 3.21. The van der Waals surface area contributed by atoms with E-state index >= 15 is 0 Å². The Bertz CT molecular complexity index is 597. The molecule has 2 nitrogen and oxygen atoms in total. The Morgan fingerprint density at radius 1 is 1.10 bits per heavy atom. The molecule has 21 heavy (non-hydrogen) atoms. The lowest BCUT2D eigenvalue weighted by Crippen LogP contribution is -2.05. The number of aliphatic hydroxyl groups is 1. The highest BCUT2D eigenvalue weighted by atomic mass is 19.3. The molecule has 0 amide bonds. The van der Waals surface area contributed by atoms with Crippen LogP contribution in [0, 0.1) is 12.7 Å². The van der Waals surface area contributed by atoms with Gasteiger partial charge in [0.25, 0.3) is 0 Å². The minimum Gasteiger partial charge on any atom is -0.435 e. The van der Waals surface area contributed by atoms with Gasteiger partial charge in [-0.2, -0.15) is 8.78 Å². The Kier molecular flexibility index (Phi) is 4.85. The maximum atomic E-state index is 13.2. The summed E-state index contributed by atoms with van der Waals surface area (Å²) in [7, 11) is 0. The number of ether oxygens (including phenoxy) is 1. The van der Waals surface area contributed by atoms with Crippen molar-refractivity contribution in [2.24, 2.45) is 0 Å². The lowest BCUT2D eigenvalue weighted by atomic mass is 9.98. The molecule has 1 unspecified atom stereocenters. The first-order chi connectivity index (χ1) is 9.95. The molecule has 0 spiro atoms. The van der Waals surface area contributed by atoms with Crippen LogP contribution in [0.25, 0.3) is 0 Å². The summed E-state index contributed by atoms with van der Waals surface area (Å²) in [5, 5.41) is 10.2. The fourth-order valence-corrected chi connectivity index (χ4v) is 2.06. The molecule has 0 fully saturated rings. The molecule has 5 heteroatoms. The Labute approximate surface area is 120 Å². The molecule has 0 aliphatic heterocycles. The molecule has 0 aliphatic rings. The average Bonchev–Trinajstić information content (AvgIpc) is 2.43. The van der Waals surface area contributed by atoms with Crippen LogP contribution >= 0.6 is 0 Å². The van der Waals surface area contributed by atoms with Crippen LogP contribution in [0.4, 0.5) is 13.2 Å². The van der Waals surface area contributed by atoms with Gasteiger partial charge in [-0.15, -0.1) is 0 Å². The van der Waals surface area contributed by atoms with Crippen LogP contribution in [0.2, 0.25) is 0 Å². The third-order valence-electron chi connectivity index (χ3n) is 3.21. The number of aryl methyl sites for hydroxylation is 1. The van der Waals surface area contributed by atoms with E-state index in [-0.39, 0.29) is 18.0 Å². The molecule has 0 radical (unpaired) electrons. The largest absolute Gasteiger partial charge is 0.435 e. The van der Waals surface area contributed by atoms with Gasteiger partial charge in [0, 0.05) is 6.42 Å². The molecule has 1 N–H and O–H groups in total. The second-order valence-electron chi connectivity index (χ2n) is 4.74. The maximum absolute atomic E-state index is 13.2. The van der Waals surface area contributed by atoms with Crippen LogP contribution in [0.15, 0.2) is 42.5 Å². The lowest BCUT2D eigenvalue weighted by Gasteiger charge is -2.14. The van der Waals surface area contributed by atoms with Gasteiger partial charge in [-0.05, 0) is 47.9 Å². The summed E-state index contributed by atoms with van der Waals surface area (Å²) in [5.74, 6) is -0.327. The summed E-state index contributed by atoms with van der Waals surface area (Å²) in [4.78, 5) is 0. The number of rotatable bonds is 5. The fraction of sp³-hybridized carbons (Fsp3) is 0.250. The quantitative estimate of drug-likeness (QED) is 0.903. The van der Waals surface area contributed by atoms with E-state index in [1.807, 2.05) is 6.92 Å². The molecule has 112 valence electrons. The van der Waals surface area contributed by atoms with Crippen LogP contribution in [0.1, 0.15) is 22.8 Å². The van der Waals surface area contributed by atoms with Gasteiger partial charge >= 0.3 is 6.61 Å². The average molecular weight is 296 g/mol. The number of alkyl halides is 2. The van der Waals surface area contributed by atoms with Gasteiger partial charge in [0.05, 0.1) is 6.10 Å². The van der Waals surface area contributed by atoms with Gasteiger partial charge in [-0.3, -0.25) is 0 Å². The van der Waals surface area contributed by atoms with Crippen molar-refractivity contribution in [3.05, 3.63) is 65.0 Å². The van der Waals surface area contributed by atoms with Gasteiger partial charge in [-0.25, -0.2) is 4.39 Å². The minimum atomic E-state index is -2.88. The van der Waals surface area contributed by atoms with Crippen molar-refractivity contribution in [2.45, 2.75) is 26.1 Å². The lowest BCUT2D eigenvalue weighted by molar-refractivity contribution is -0.0498. The van der Waals surface area contributed by atoms with Crippen LogP contribution in [-0.2, 0) is 6.42 Å². The molecule has 0 aliphatic carbocycles. The molecular formula is C16H15F3O2. The minimum absolute atomic E-state index is 0.0305. The normalized spacial score (nSPS) is 12.5. The van der Waals surface area contributed by atoms with Crippen molar-refractivity contribution in [3.63, 3.8) is 0 Å². The smallest absolute Gasteiger partial charge is 0.387 e. The predicted octanol–water partition coefficient (Wildman–Crippen LogP) is 4.01. The first-order valence-electron chi connectivity index (χ1n) is 6.43. The molecule has 2 aromatic rings. The van der Waals surface area contributed by atoms with E-state index in [1.54, 1.807) is 6.07 Å². The van der Waals surface area contributed by atoms with Crippen molar-refractivity contribution in [3.8, 4) is 5.75 Å².